The minimum Gasteiger partial charge on any atom is -0.497 e. The molecule has 0 aliphatic heterocycles. The molecule has 0 saturated carbocycles. The Balaban J connectivity index is 2.75. The third kappa shape index (κ3) is 3.24. The van der Waals surface area contributed by atoms with Crippen LogP contribution in [-0.4, -0.2) is 13.7 Å². The molecule has 0 saturated heterocycles. The first-order valence-electron chi connectivity index (χ1n) is 5.45. The maximum Gasteiger partial charge on any atom is 0.118 e. The smallest absolute Gasteiger partial charge is 0.118 e. The fraction of sp³-hybridized carbons (Fsp3) is 0.538. The van der Waals surface area contributed by atoms with Crippen molar-refractivity contribution in [2.24, 2.45) is 5.73 Å². The first-order chi connectivity index (χ1) is 7.10. The van der Waals surface area contributed by atoms with E-state index in [4.69, 9.17) is 10.5 Å². The van der Waals surface area contributed by atoms with Crippen molar-refractivity contribution < 1.29 is 4.74 Å². The molecule has 15 heavy (non-hydrogen) atoms. The number of ether oxygens (including phenoxy) is 1. The van der Waals surface area contributed by atoms with E-state index < -0.39 is 0 Å². The van der Waals surface area contributed by atoms with Crippen molar-refractivity contribution in [2.45, 2.75) is 32.1 Å². The summed E-state index contributed by atoms with van der Waals surface area (Å²) in [5.74, 6) is 0.911. The highest BCUT2D eigenvalue weighted by atomic mass is 16.5. The molecular formula is C13H21NO. The molecule has 1 aromatic carbocycles. The molecule has 0 aliphatic carbocycles. The average molecular weight is 207 g/mol. The lowest BCUT2D eigenvalue weighted by atomic mass is 9.80. The fourth-order valence-corrected chi connectivity index (χ4v) is 1.73. The SMILES string of the molecule is COc1ccc(C(C)(C)CCCN)cc1. The summed E-state index contributed by atoms with van der Waals surface area (Å²) < 4.78 is 5.14. The maximum absolute atomic E-state index is 5.54. The van der Waals surface area contributed by atoms with E-state index in [0.29, 0.717) is 0 Å². The van der Waals surface area contributed by atoms with Crippen LogP contribution in [0.5, 0.6) is 5.75 Å². The van der Waals surface area contributed by atoms with Gasteiger partial charge in [-0.25, -0.2) is 0 Å². The summed E-state index contributed by atoms with van der Waals surface area (Å²) in [5.41, 5.74) is 7.08. The monoisotopic (exact) mass is 207 g/mol. The van der Waals surface area contributed by atoms with E-state index in [1.807, 2.05) is 12.1 Å². The van der Waals surface area contributed by atoms with Crippen LogP contribution in [0.25, 0.3) is 0 Å². The standard InChI is InChI=1S/C13H21NO/c1-13(2,9-4-10-14)11-5-7-12(15-3)8-6-11/h5-8H,4,9-10,14H2,1-3H3. The summed E-state index contributed by atoms with van der Waals surface area (Å²) in [6, 6.07) is 8.30. The predicted molar refractivity (Wildman–Crippen MR) is 64.3 cm³/mol. The largest absolute Gasteiger partial charge is 0.497 e. The highest BCUT2D eigenvalue weighted by Gasteiger charge is 2.19. The van der Waals surface area contributed by atoms with Gasteiger partial charge in [-0.2, -0.15) is 0 Å². The molecule has 0 radical (unpaired) electrons. The molecule has 0 atom stereocenters. The Hall–Kier alpha value is -1.02. The van der Waals surface area contributed by atoms with Gasteiger partial charge in [-0.1, -0.05) is 26.0 Å². The van der Waals surface area contributed by atoms with Gasteiger partial charge in [0, 0.05) is 0 Å². The Bertz CT molecular complexity index is 290. The molecule has 1 rings (SSSR count). The van der Waals surface area contributed by atoms with Crippen molar-refractivity contribution in [3.8, 4) is 5.75 Å². The van der Waals surface area contributed by atoms with E-state index in [1.54, 1.807) is 7.11 Å². The molecule has 0 amide bonds. The fourth-order valence-electron chi connectivity index (χ4n) is 1.73. The topological polar surface area (TPSA) is 35.2 Å². The highest BCUT2D eigenvalue weighted by Crippen LogP contribution is 2.29. The zero-order valence-electron chi connectivity index (χ0n) is 9.92. The Labute approximate surface area is 92.4 Å². The lowest BCUT2D eigenvalue weighted by molar-refractivity contribution is 0.413. The van der Waals surface area contributed by atoms with Gasteiger partial charge in [-0.3, -0.25) is 0 Å². The molecule has 0 fully saturated rings. The molecule has 0 bridgehead atoms. The van der Waals surface area contributed by atoms with Crippen LogP contribution in [0, 0.1) is 0 Å². The second-order valence-electron chi connectivity index (χ2n) is 4.50. The van der Waals surface area contributed by atoms with E-state index in [0.717, 1.165) is 25.1 Å². The molecule has 84 valence electrons. The van der Waals surface area contributed by atoms with Crippen molar-refractivity contribution in [3.63, 3.8) is 0 Å². The van der Waals surface area contributed by atoms with Crippen LogP contribution in [0.4, 0.5) is 0 Å². The normalized spacial score (nSPS) is 11.5. The zero-order valence-corrected chi connectivity index (χ0v) is 9.92. The first-order valence-corrected chi connectivity index (χ1v) is 5.45. The van der Waals surface area contributed by atoms with Gasteiger partial charge in [-0.05, 0) is 42.5 Å². The molecule has 1 aromatic rings. The minimum absolute atomic E-state index is 0.200. The van der Waals surface area contributed by atoms with Gasteiger partial charge in [0.05, 0.1) is 7.11 Å². The summed E-state index contributed by atoms with van der Waals surface area (Å²) in [7, 11) is 1.69. The van der Waals surface area contributed by atoms with Crippen molar-refractivity contribution in [1.82, 2.24) is 0 Å². The first kappa shape index (κ1) is 12.1. The highest BCUT2D eigenvalue weighted by molar-refractivity contribution is 5.31. The van der Waals surface area contributed by atoms with E-state index in [2.05, 4.69) is 26.0 Å². The molecule has 2 nitrogen and oxygen atoms in total. The summed E-state index contributed by atoms with van der Waals surface area (Å²) >= 11 is 0. The molecule has 2 N–H and O–H groups in total. The van der Waals surface area contributed by atoms with Gasteiger partial charge in [-0.15, -0.1) is 0 Å². The number of methoxy groups -OCH3 is 1. The van der Waals surface area contributed by atoms with Crippen LogP contribution in [0.1, 0.15) is 32.3 Å². The number of rotatable bonds is 5. The van der Waals surface area contributed by atoms with Crippen LogP contribution < -0.4 is 10.5 Å². The Morgan fingerprint density at radius 1 is 1.20 bits per heavy atom. The molecule has 0 unspecified atom stereocenters. The molecule has 0 heterocycles. The van der Waals surface area contributed by atoms with Gasteiger partial charge in [0.1, 0.15) is 5.75 Å². The summed E-state index contributed by atoms with van der Waals surface area (Å²) in [6.07, 6.45) is 2.19. The average Bonchev–Trinajstić information content (AvgIpc) is 2.26. The Morgan fingerprint density at radius 2 is 1.80 bits per heavy atom. The molecular weight excluding hydrogens is 186 g/mol. The third-order valence-electron chi connectivity index (χ3n) is 2.88. The van der Waals surface area contributed by atoms with Crippen molar-refractivity contribution in [3.05, 3.63) is 29.8 Å². The lowest BCUT2D eigenvalue weighted by Gasteiger charge is -2.25. The van der Waals surface area contributed by atoms with Crippen LogP contribution in [0.2, 0.25) is 0 Å². The Morgan fingerprint density at radius 3 is 2.27 bits per heavy atom. The van der Waals surface area contributed by atoms with Gasteiger partial charge in [0.25, 0.3) is 0 Å². The van der Waals surface area contributed by atoms with Crippen molar-refractivity contribution in [1.29, 1.82) is 0 Å². The van der Waals surface area contributed by atoms with Gasteiger partial charge >= 0.3 is 0 Å². The minimum atomic E-state index is 0.200. The van der Waals surface area contributed by atoms with Crippen molar-refractivity contribution >= 4 is 0 Å². The van der Waals surface area contributed by atoms with Crippen LogP contribution in [-0.2, 0) is 5.41 Å². The van der Waals surface area contributed by atoms with Crippen LogP contribution in [0.3, 0.4) is 0 Å². The molecule has 0 aromatic heterocycles. The zero-order chi connectivity index (χ0) is 11.3. The summed E-state index contributed by atoms with van der Waals surface area (Å²) in [4.78, 5) is 0. The van der Waals surface area contributed by atoms with Gasteiger partial charge in [0.2, 0.25) is 0 Å². The second-order valence-corrected chi connectivity index (χ2v) is 4.50. The quantitative estimate of drug-likeness (QED) is 0.805. The number of hydrogen-bond acceptors (Lipinski definition) is 2. The number of hydrogen-bond donors (Lipinski definition) is 1. The van der Waals surface area contributed by atoms with E-state index in [-0.39, 0.29) is 5.41 Å². The van der Waals surface area contributed by atoms with Crippen molar-refractivity contribution in [2.75, 3.05) is 13.7 Å². The second kappa shape index (κ2) is 5.17. The number of nitrogens with two attached hydrogens (primary N) is 1. The molecule has 2 heteroatoms. The Kier molecular flexibility index (Phi) is 4.15. The van der Waals surface area contributed by atoms with Gasteiger partial charge < -0.3 is 10.5 Å². The summed E-state index contributed by atoms with van der Waals surface area (Å²) in [5, 5.41) is 0. The maximum atomic E-state index is 5.54. The molecule has 0 aliphatic rings. The summed E-state index contributed by atoms with van der Waals surface area (Å²) in [6.45, 7) is 5.27. The molecule has 0 spiro atoms. The third-order valence-corrected chi connectivity index (χ3v) is 2.88. The van der Waals surface area contributed by atoms with E-state index in [9.17, 15) is 0 Å². The van der Waals surface area contributed by atoms with E-state index >= 15 is 0 Å². The number of benzene rings is 1. The lowest BCUT2D eigenvalue weighted by Crippen LogP contribution is -2.18. The predicted octanol–water partition coefficient (Wildman–Crippen LogP) is 2.71. The van der Waals surface area contributed by atoms with Gasteiger partial charge in [0.15, 0.2) is 0 Å². The van der Waals surface area contributed by atoms with Crippen LogP contribution >= 0.6 is 0 Å². The van der Waals surface area contributed by atoms with Crippen LogP contribution in [0.15, 0.2) is 24.3 Å². The van der Waals surface area contributed by atoms with E-state index in [1.165, 1.54) is 5.56 Å².